The molecular formula is C60H44BN2. The smallest absolute Gasteiger partial charge is 0.197 e. The molecule has 0 aromatic heterocycles. The summed E-state index contributed by atoms with van der Waals surface area (Å²) >= 11 is 0. The summed E-state index contributed by atoms with van der Waals surface area (Å²) in [5.74, 6) is 0. The largest absolute Gasteiger partial charge is 0.355 e. The molecule has 0 atom stereocenters. The first kappa shape index (κ1) is 37.2. The maximum absolute atomic E-state index is 3.93. The fraction of sp³-hybridized carbons (Fsp3) is 0.0667. The van der Waals surface area contributed by atoms with Crippen LogP contribution >= 0.6 is 0 Å². The van der Waals surface area contributed by atoms with Gasteiger partial charge in [0.15, 0.2) is 7.28 Å². The molecule has 1 radical (unpaired) electrons. The van der Waals surface area contributed by atoms with E-state index in [1.165, 1.54) is 105 Å². The van der Waals surface area contributed by atoms with Crippen molar-refractivity contribution < 1.29 is 0 Å². The van der Waals surface area contributed by atoms with Gasteiger partial charge in [-0.25, -0.2) is 0 Å². The molecule has 2 aliphatic rings. The van der Waals surface area contributed by atoms with E-state index < -0.39 is 0 Å². The van der Waals surface area contributed by atoms with Crippen molar-refractivity contribution in [1.29, 1.82) is 0 Å². The van der Waals surface area contributed by atoms with Gasteiger partial charge >= 0.3 is 0 Å². The minimum Gasteiger partial charge on any atom is -0.355 e. The highest BCUT2D eigenvalue weighted by molar-refractivity contribution is 6.74. The lowest BCUT2D eigenvalue weighted by Gasteiger charge is -2.37. The molecule has 0 saturated carbocycles. The van der Waals surface area contributed by atoms with Crippen LogP contribution in [0.25, 0.3) is 66.1 Å². The number of nitrogens with zero attached hydrogens (tertiary/aromatic N) is 1. The van der Waals surface area contributed by atoms with Crippen LogP contribution in [0.15, 0.2) is 206 Å². The van der Waals surface area contributed by atoms with Crippen LogP contribution in [0.1, 0.15) is 30.5 Å². The highest BCUT2D eigenvalue weighted by Crippen LogP contribution is 2.52. The van der Waals surface area contributed by atoms with E-state index in [0.717, 1.165) is 16.9 Å². The molecule has 10 aromatic rings. The molecule has 0 fully saturated rings. The van der Waals surface area contributed by atoms with Gasteiger partial charge in [0.2, 0.25) is 0 Å². The second kappa shape index (κ2) is 14.5. The molecule has 1 heterocycles. The van der Waals surface area contributed by atoms with E-state index in [0.29, 0.717) is 0 Å². The van der Waals surface area contributed by atoms with Gasteiger partial charge in [-0.1, -0.05) is 177 Å². The van der Waals surface area contributed by atoms with Crippen molar-refractivity contribution in [2.75, 3.05) is 10.2 Å². The predicted octanol–water partition coefficient (Wildman–Crippen LogP) is 14.8. The van der Waals surface area contributed by atoms with Gasteiger partial charge < -0.3 is 10.2 Å². The van der Waals surface area contributed by atoms with Crippen molar-refractivity contribution in [1.82, 2.24) is 0 Å². The molecule has 1 N–H and O–H groups in total. The normalized spacial score (nSPS) is 13.2. The molecule has 3 heteroatoms. The fourth-order valence-corrected chi connectivity index (χ4v) is 10.4. The minimum absolute atomic E-state index is 0.140. The van der Waals surface area contributed by atoms with Gasteiger partial charge in [0.1, 0.15) is 0 Å². The number of hydrogen-bond acceptors (Lipinski definition) is 2. The summed E-state index contributed by atoms with van der Waals surface area (Å²) in [7, 11) is 2.47. The summed E-state index contributed by atoms with van der Waals surface area (Å²) in [5, 5.41) is 8.75. The number of aryl methyl sites for hydroxylation is 1. The van der Waals surface area contributed by atoms with Crippen molar-refractivity contribution in [2.24, 2.45) is 0 Å². The van der Waals surface area contributed by atoms with E-state index in [-0.39, 0.29) is 5.41 Å². The van der Waals surface area contributed by atoms with Crippen LogP contribution in [0.2, 0.25) is 0 Å². The van der Waals surface area contributed by atoms with Gasteiger partial charge in [0.05, 0.1) is 0 Å². The van der Waals surface area contributed by atoms with Gasteiger partial charge in [-0.3, -0.25) is 0 Å². The average Bonchev–Trinajstić information content (AvgIpc) is 3.55. The highest BCUT2D eigenvalue weighted by atomic mass is 15.2. The van der Waals surface area contributed by atoms with Gasteiger partial charge in [0.25, 0.3) is 0 Å². The number of benzene rings is 10. The zero-order valence-corrected chi connectivity index (χ0v) is 35.7. The Morgan fingerprint density at radius 1 is 0.444 bits per heavy atom. The van der Waals surface area contributed by atoms with E-state index >= 15 is 0 Å². The van der Waals surface area contributed by atoms with Crippen LogP contribution in [-0.2, 0) is 5.41 Å². The quantitative estimate of drug-likeness (QED) is 0.168. The lowest BCUT2D eigenvalue weighted by atomic mass is 9.57. The summed E-state index contributed by atoms with van der Waals surface area (Å²) < 4.78 is 0. The van der Waals surface area contributed by atoms with Crippen LogP contribution in [0.3, 0.4) is 0 Å². The molecule has 12 rings (SSSR count). The van der Waals surface area contributed by atoms with Gasteiger partial charge in [-0.15, -0.1) is 0 Å². The minimum atomic E-state index is -0.140. The van der Waals surface area contributed by atoms with E-state index in [4.69, 9.17) is 0 Å². The molecule has 1 aliphatic carbocycles. The summed E-state index contributed by atoms with van der Waals surface area (Å²) in [6, 6.07) is 75.8. The topological polar surface area (TPSA) is 15.3 Å². The number of rotatable bonds is 6. The van der Waals surface area contributed by atoms with Gasteiger partial charge in [0, 0.05) is 39.4 Å². The summed E-state index contributed by atoms with van der Waals surface area (Å²) in [6.07, 6.45) is 0. The van der Waals surface area contributed by atoms with Crippen LogP contribution in [-0.4, -0.2) is 7.28 Å². The second-order valence-electron chi connectivity index (χ2n) is 17.7. The van der Waals surface area contributed by atoms with Crippen molar-refractivity contribution in [3.05, 3.63) is 223 Å². The first-order valence-corrected chi connectivity index (χ1v) is 22.0. The van der Waals surface area contributed by atoms with Crippen molar-refractivity contribution in [2.45, 2.75) is 26.2 Å². The zero-order valence-electron chi connectivity index (χ0n) is 35.7. The van der Waals surface area contributed by atoms with E-state index in [9.17, 15) is 0 Å². The Morgan fingerprint density at radius 3 is 1.81 bits per heavy atom. The number of hydrogen-bond donors (Lipinski definition) is 1. The molecule has 1 aliphatic heterocycles. The molecular weight excluding hydrogens is 759 g/mol. The molecule has 0 unspecified atom stereocenters. The van der Waals surface area contributed by atoms with Crippen molar-refractivity contribution in [3.8, 4) is 44.5 Å². The Bertz CT molecular complexity index is 3420. The molecule has 10 aromatic carbocycles. The molecule has 297 valence electrons. The Balaban J connectivity index is 1.10. The predicted molar refractivity (Wildman–Crippen MR) is 269 cm³/mol. The summed E-state index contributed by atoms with van der Waals surface area (Å²) in [6.45, 7) is 7.02. The lowest BCUT2D eigenvalue weighted by molar-refractivity contribution is 0.660. The fourth-order valence-electron chi connectivity index (χ4n) is 10.4. The first-order chi connectivity index (χ1) is 30.9. The van der Waals surface area contributed by atoms with E-state index in [1.54, 1.807) is 0 Å². The third-order valence-electron chi connectivity index (χ3n) is 13.6. The Kier molecular flexibility index (Phi) is 8.56. The third kappa shape index (κ3) is 6.10. The zero-order chi connectivity index (χ0) is 42.2. The van der Waals surface area contributed by atoms with Crippen molar-refractivity contribution >= 4 is 68.2 Å². The van der Waals surface area contributed by atoms with Crippen LogP contribution in [0, 0.1) is 6.92 Å². The van der Waals surface area contributed by atoms with Crippen molar-refractivity contribution in [3.63, 3.8) is 0 Å². The van der Waals surface area contributed by atoms with E-state index in [1.807, 2.05) is 0 Å². The molecule has 0 saturated heterocycles. The Hall–Kier alpha value is -7.62. The number of fused-ring (bicyclic) bond motifs is 7. The highest BCUT2D eigenvalue weighted by Gasteiger charge is 2.39. The SMILES string of the molecule is Cc1cc(-c2ccccc2)ccc1N1c2cc3c(cc2[B]c2c1cc1ccccc1c2-c1cc2ccccc2cc1Nc1ccc(-c2ccccc2)cc1)-c1ccccc1C3(C)C. The maximum Gasteiger partial charge on any atom is 0.197 e. The number of nitrogens with one attached hydrogen (secondary N) is 1. The third-order valence-corrected chi connectivity index (χ3v) is 13.6. The molecule has 2 nitrogen and oxygen atoms in total. The summed E-state index contributed by atoms with van der Waals surface area (Å²) in [5.41, 5.74) is 21.8. The van der Waals surface area contributed by atoms with Gasteiger partial charge in [-0.2, -0.15) is 0 Å². The Labute approximate surface area is 370 Å². The maximum atomic E-state index is 3.93. The first-order valence-electron chi connectivity index (χ1n) is 22.0. The second-order valence-corrected chi connectivity index (χ2v) is 17.7. The number of anilines is 5. The van der Waals surface area contributed by atoms with Crippen LogP contribution in [0.5, 0.6) is 0 Å². The van der Waals surface area contributed by atoms with E-state index in [2.05, 4.69) is 245 Å². The molecule has 0 amide bonds. The van der Waals surface area contributed by atoms with Gasteiger partial charge in [-0.05, 0) is 138 Å². The Morgan fingerprint density at radius 2 is 1.06 bits per heavy atom. The van der Waals surface area contributed by atoms with Crippen LogP contribution < -0.4 is 21.1 Å². The average molecular weight is 804 g/mol. The monoisotopic (exact) mass is 803 g/mol. The standard InChI is InChI=1S/C60H44BN2/c1-38-32-44(40-18-8-5-9-19-40)28-31-55(38)63-56-37-52-49(48-24-14-15-25-51(48)60(52,2)3)36-53(56)61-59-57(63)35-45-22-12-13-23-47(45)58(59)50-33-42-20-10-11-21-43(42)34-54(50)62-46-29-26-41(27-30-46)39-16-6-4-7-17-39/h4-37,62H,1-3H3. The van der Waals surface area contributed by atoms with Crippen LogP contribution in [0.4, 0.5) is 28.4 Å². The molecule has 63 heavy (non-hydrogen) atoms. The molecule has 0 bridgehead atoms. The lowest BCUT2D eigenvalue weighted by Crippen LogP contribution is -2.41. The molecule has 0 spiro atoms. The summed E-state index contributed by atoms with van der Waals surface area (Å²) in [4.78, 5) is 2.56.